The molecule has 178 valence electrons. The molecule has 0 aliphatic rings. The minimum absolute atomic E-state index is 0.0417. The number of rotatable bonds is 7. The van der Waals surface area contributed by atoms with Crippen molar-refractivity contribution < 1.29 is 26.6 Å². The van der Waals surface area contributed by atoms with Gasteiger partial charge < -0.3 is 14.9 Å². The van der Waals surface area contributed by atoms with Crippen LogP contribution in [-0.4, -0.2) is 26.3 Å². The number of anilines is 1. The Morgan fingerprint density at radius 1 is 1.11 bits per heavy atom. The Balaban J connectivity index is 1.88. The van der Waals surface area contributed by atoms with Crippen LogP contribution in [0.5, 0.6) is 0 Å². The maximum Gasteiger partial charge on any atom is 0.298 e. The molecule has 11 heteroatoms. The van der Waals surface area contributed by atoms with E-state index in [0.717, 1.165) is 11.1 Å². The van der Waals surface area contributed by atoms with Crippen LogP contribution in [0, 0.1) is 11.3 Å². The van der Waals surface area contributed by atoms with Crippen molar-refractivity contribution in [2.75, 3.05) is 12.1 Å². The zero-order valence-electron chi connectivity index (χ0n) is 18.1. The molecular weight excluding hydrogens is 478 g/mol. The molecule has 0 bridgehead atoms. The maximum absolute atomic E-state index is 15.4. The molecule has 1 unspecified atom stereocenters. The molecule has 1 amide bonds. The Bertz CT molecular complexity index is 1510. The highest BCUT2D eigenvalue weighted by Crippen LogP contribution is 2.37. The predicted octanol–water partition coefficient (Wildman–Crippen LogP) is 3.90. The van der Waals surface area contributed by atoms with Crippen molar-refractivity contribution in [2.45, 2.75) is 5.92 Å². The van der Waals surface area contributed by atoms with E-state index in [0.29, 0.717) is 16.6 Å². The van der Waals surface area contributed by atoms with Crippen molar-refractivity contribution in [3.63, 3.8) is 0 Å². The number of benzene rings is 3. The summed E-state index contributed by atoms with van der Waals surface area (Å²) < 4.78 is 58.6. The second kappa shape index (κ2) is 9.27. The molecule has 1 heterocycles. The summed E-state index contributed by atoms with van der Waals surface area (Å²) in [6, 6.07) is 18.7. The fraction of sp³-hybridized carbons (Fsp3) is 0.0833. The smallest absolute Gasteiger partial charge is 0.298 e. The quantitative estimate of drug-likeness (QED) is 0.306. The molecule has 0 spiro atoms. The van der Waals surface area contributed by atoms with Crippen LogP contribution in [0.1, 0.15) is 27.2 Å². The van der Waals surface area contributed by atoms with Crippen LogP contribution in [0.25, 0.3) is 16.6 Å². The van der Waals surface area contributed by atoms with Crippen LogP contribution in [0.4, 0.5) is 14.5 Å². The summed E-state index contributed by atoms with van der Waals surface area (Å²) >= 11 is -2.82. The fourth-order valence-electron chi connectivity index (χ4n) is 3.77. The van der Waals surface area contributed by atoms with Crippen molar-refractivity contribution >= 4 is 33.9 Å². The third-order valence-corrected chi connectivity index (χ3v) is 5.74. The molecule has 4 rings (SSSR count). The third-order valence-electron chi connectivity index (χ3n) is 5.40. The lowest BCUT2D eigenvalue weighted by molar-refractivity contribution is 0.0428. The second-order valence-electron chi connectivity index (χ2n) is 7.57. The van der Waals surface area contributed by atoms with Gasteiger partial charge in [-0.3, -0.25) is 4.79 Å². The summed E-state index contributed by atoms with van der Waals surface area (Å²) in [6.45, 7) is 0. The lowest BCUT2D eigenvalue weighted by Gasteiger charge is -2.20. The summed E-state index contributed by atoms with van der Waals surface area (Å²) in [5, 5.41) is 10.6. The number of hydrogen-bond acceptors (Lipinski definition) is 6. The van der Waals surface area contributed by atoms with Crippen LogP contribution < -0.4 is 10.8 Å². The van der Waals surface area contributed by atoms with Gasteiger partial charge in [0.1, 0.15) is 17.1 Å². The number of halogens is 2. The van der Waals surface area contributed by atoms with Crippen LogP contribution in [-0.2, 0) is 21.6 Å². The summed E-state index contributed by atoms with van der Waals surface area (Å²) in [6.07, 6.45) is 0. The zero-order valence-corrected chi connectivity index (χ0v) is 19.0. The molecule has 2 N–H and O–H groups in total. The number of nitriles is 1. The molecule has 0 saturated carbocycles. The minimum atomic E-state index is -3.43. The molecule has 4 aromatic rings. The summed E-state index contributed by atoms with van der Waals surface area (Å²) in [4.78, 5) is 12.2. The lowest BCUT2D eigenvalue weighted by Crippen LogP contribution is -2.19. The second-order valence-corrected chi connectivity index (χ2v) is 8.12. The molecule has 0 aliphatic heterocycles. The number of fused-ring (bicyclic) bond motifs is 1. The highest BCUT2D eigenvalue weighted by molar-refractivity contribution is 7.74. The zero-order chi connectivity index (χ0) is 25.3. The van der Waals surface area contributed by atoms with Crippen molar-refractivity contribution in [3.05, 3.63) is 95.2 Å². The van der Waals surface area contributed by atoms with E-state index in [1.807, 2.05) is 6.07 Å². The number of alkyl halides is 2. The van der Waals surface area contributed by atoms with Crippen LogP contribution in [0.15, 0.2) is 72.8 Å². The number of hydroxylamine groups is 1. The Morgan fingerprint density at radius 2 is 1.80 bits per heavy atom. The predicted molar refractivity (Wildman–Crippen MR) is 124 cm³/mol. The third kappa shape index (κ3) is 4.63. The minimum Gasteiger partial charge on any atom is -0.748 e. The van der Waals surface area contributed by atoms with Gasteiger partial charge in [0.05, 0.1) is 22.8 Å². The molecule has 0 aliphatic carbocycles. The molecule has 0 saturated heterocycles. The van der Waals surface area contributed by atoms with E-state index in [9.17, 15) is 13.6 Å². The number of carbonyl (C=O) groups is 1. The molecule has 0 radical (unpaired) electrons. The van der Waals surface area contributed by atoms with E-state index in [1.165, 1.54) is 66.2 Å². The van der Waals surface area contributed by atoms with Crippen LogP contribution >= 0.6 is 0 Å². The fourth-order valence-corrected chi connectivity index (χ4v) is 4.04. The molecule has 35 heavy (non-hydrogen) atoms. The van der Waals surface area contributed by atoms with Crippen LogP contribution in [0.2, 0.25) is 0 Å². The van der Waals surface area contributed by atoms with Gasteiger partial charge in [-0.2, -0.15) is 18.3 Å². The monoisotopic (exact) mass is 495 g/mol. The number of amides is 1. The standard InChI is InChI=1S/C24H18F2N4O4S/c1-29(34-35(32)33)19-9-8-16-11-22(23(28)31)30(21(16)13-19)20-7-3-6-18(12-20)24(25,26)17-5-2-4-15(10-17)14-27/h2-13H,1H3,(H2,28,31)(H,32,33)/p-1. The van der Waals surface area contributed by atoms with Crippen molar-refractivity contribution in [2.24, 2.45) is 5.73 Å². The average Bonchev–Trinajstić information content (AvgIpc) is 3.23. The largest absolute Gasteiger partial charge is 0.748 e. The first-order valence-electron chi connectivity index (χ1n) is 10.1. The number of primary amides is 1. The van der Waals surface area contributed by atoms with Crippen molar-refractivity contribution in [3.8, 4) is 11.8 Å². The van der Waals surface area contributed by atoms with E-state index in [4.69, 9.17) is 11.0 Å². The SMILES string of the molecule is CN(OS(=O)[O-])c1ccc2cc(C(N)=O)n(-c3cccc(C(F)(F)c4cccc(C#N)c4)c3)c2c1. The van der Waals surface area contributed by atoms with Gasteiger partial charge in [0.25, 0.3) is 11.8 Å². The molecular formula is C24H17F2N4O4S-. The first-order chi connectivity index (χ1) is 16.6. The topological polar surface area (TPSA) is 124 Å². The number of nitrogens with zero attached hydrogens (tertiary/aromatic N) is 3. The Kier molecular flexibility index (Phi) is 6.36. The molecule has 8 nitrogen and oxygen atoms in total. The van der Waals surface area contributed by atoms with Crippen molar-refractivity contribution in [1.29, 1.82) is 5.26 Å². The number of carbonyl (C=O) groups excluding carboxylic acids is 1. The molecule has 1 atom stereocenters. The summed E-state index contributed by atoms with van der Waals surface area (Å²) in [5.74, 6) is -4.22. The summed E-state index contributed by atoms with van der Waals surface area (Å²) in [5.41, 5.74) is 5.97. The molecule has 3 aromatic carbocycles. The normalized spacial score (nSPS) is 12.3. The number of aromatic nitrogens is 1. The van der Waals surface area contributed by atoms with Gasteiger partial charge in [0, 0.05) is 29.2 Å². The van der Waals surface area contributed by atoms with Gasteiger partial charge >= 0.3 is 0 Å². The van der Waals surface area contributed by atoms with Gasteiger partial charge in [-0.1, -0.05) is 30.3 Å². The van der Waals surface area contributed by atoms with Crippen molar-refractivity contribution in [1.82, 2.24) is 4.57 Å². The van der Waals surface area contributed by atoms with E-state index in [1.54, 1.807) is 12.1 Å². The van der Waals surface area contributed by atoms with Gasteiger partial charge in [-0.05, 0) is 42.5 Å². The summed E-state index contributed by atoms with van der Waals surface area (Å²) in [7, 11) is 1.37. The first kappa shape index (κ1) is 24.0. The maximum atomic E-state index is 15.4. The molecule has 1 aromatic heterocycles. The van der Waals surface area contributed by atoms with Gasteiger partial charge in [-0.15, -0.1) is 0 Å². The lowest BCUT2D eigenvalue weighted by atomic mass is 9.98. The highest BCUT2D eigenvalue weighted by Gasteiger charge is 2.34. The molecule has 0 fully saturated rings. The average molecular weight is 495 g/mol. The Labute approximate surface area is 201 Å². The van der Waals surface area contributed by atoms with Gasteiger partial charge in [0.15, 0.2) is 0 Å². The number of hydrogen-bond donors (Lipinski definition) is 1. The van der Waals surface area contributed by atoms with E-state index in [2.05, 4.69) is 4.28 Å². The highest BCUT2D eigenvalue weighted by atomic mass is 32.2. The van der Waals surface area contributed by atoms with Gasteiger partial charge in [0.2, 0.25) is 0 Å². The Morgan fingerprint density at radius 3 is 2.46 bits per heavy atom. The van der Waals surface area contributed by atoms with E-state index >= 15 is 8.78 Å². The van der Waals surface area contributed by atoms with Gasteiger partial charge in [-0.25, -0.2) is 9.27 Å². The van der Waals surface area contributed by atoms with E-state index in [-0.39, 0.29) is 28.1 Å². The Hall–Kier alpha value is -4.11. The van der Waals surface area contributed by atoms with E-state index < -0.39 is 23.2 Å². The van der Waals surface area contributed by atoms with Crippen LogP contribution in [0.3, 0.4) is 0 Å². The first-order valence-corrected chi connectivity index (χ1v) is 11.1. The number of nitrogens with two attached hydrogens (primary N) is 1.